The van der Waals surface area contributed by atoms with Gasteiger partial charge in [-0.25, -0.2) is 9.59 Å². The molecule has 0 saturated heterocycles. The van der Waals surface area contributed by atoms with Gasteiger partial charge in [-0.2, -0.15) is 4.98 Å². The minimum absolute atomic E-state index is 0.0592. The standard InChI is InChI=1S/C30H29N3O7/c1-20-17-33(18-26(35)31-25(19-34)28(36)37)29(38)32-27(20)40-30(21-9-5-3-6-10-21,22-11-7-4-8-12-22)23-13-15-24(39-2)16-14-23/h3-17,25,34H,18-19H2,1-2H3,(H,31,35)(H,36,37)/t25-/m0/s1. The molecule has 0 fully saturated rings. The Morgan fingerprint density at radius 1 is 0.950 bits per heavy atom. The molecule has 0 saturated carbocycles. The van der Waals surface area contributed by atoms with Crippen molar-refractivity contribution in [1.82, 2.24) is 14.9 Å². The summed E-state index contributed by atoms with van der Waals surface area (Å²) in [6, 6.07) is 25.0. The Morgan fingerprint density at radius 3 is 2.00 bits per heavy atom. The molecule has 0 spiro atoms. The molecule has 1 amide bonds. The molecule has 10 nitrogen and oxygen atoms in total. The fraction of sp³-hybridized carbons (Fsp3) is 0.200. The molecule has 0 aliphatic rings. The summed E-state index contributed by atoms with van der Waals surface area (Å²) in [5.74, 6) is -1.43. The number of aliphatic hydroxyl groups excluding tert-OH is 1. The van der Waals surface area contributed by atoms with Gasteiger partial charge in [-0.05, 0) is 19.1 Å². The van der Waals surface area contributed by atoms with Crippen molar-refractivity contribution in [1.29, 1.82) is 0 Å². The number of aromatic nitrogens is 2. The quantitative estimate of drug-likeness (QED) is 0.245. The Kier molecular flexibility index (Phi) is 8.60. The highest BCUT2D eigenvalue weighted by Gasteiger charge is 2.40. The summed E-state index contributed by atoms with van der Waals surface area (Å²) in [5.41, 5.74) is 0.836. The van der Waals surface area contributed by atoms with E-state index in [2.05, 4.69) is 10.3 Å². The maximum absolute atomic E-state index is 13.0. The number of hydrogen-bond donors (Lipinski definition) is 3. The fourth-order valence-electron chi connectivity index (χ4n) is 4.37. The Morgan fingerprint density at radius 2 is 1.50 bits per heavy atom. The molecule has 1 atom stereocenters. The van der Waals surface area contributed by atoms with Gasteiger partial charge in [0.05, 0.1) is 13.7 Å². The average Bonchev–Trinajstić information content (AvgIpc) is 2.97. The van der Waals surface area contributed by atoms with E-state index in [1.165, 1.54) is 6.20 Å². The average molecular weight is 544 g/mol. The highest BCUT2D eigenvalue weighted by molar-refractivity contribution is 5.83. The number of aryl methyl sites for hydroxylation is 1. The molecule has 0 aliphatic heterocycles. The van der Waals surface area contributed by atoms with E-state index in [4.69, 9.17) is 19.7 Å². The first kappa shape index (κ1) is 28.1. The number of aliphatic carboxylic acids is 1. The van der Waals surface area contributed by atoms with Crippen molar-refractivity contribution in [2.45, 2.75) is 25.1 Å². The number of nitrogens with zero attached hydrogens (tertiary/aromatic N) is 2. The van der Waals surface area contributed by atoms with Crippen LogP contribution in [0.3, 0.4) is 0 Å². The number of ether oxygens (including phenoxy) is 2. The second-order valence-electron chi connectivity index (χ2n) is 9.02. The SMILES string of the molecule is COc1ccc(C(Oc2nc(=O)n(CC(=O)N[C@@H](CO)C(=O)O)cc2C)(c2ccccc2)c2ccccc2)cc1. The first-order valence-electron chi connectivity index (χ1n) is 12.4. The topological polar surface area (TPSA) is 140 Å². The lowest BCUT2D eigenvalue weighted by Gasteiger charge is -2.36. The summed E-state index contributed by atoms with van der Waals surface area (Å²) in [6.07, 6.45) is 1.42. The van der Waals surface area contributed by atoms with E-state index in [0.717, 1.165) is 21.3 Å². The van der Waals surface area contributed by atoms with Crippen LogP contribution in [0.15, 0.2) is 95.9 Å². The van der Waals surface area contributed by atoms with Gasteiger partial charge >= 0.3 is 11.7 Å². The van der Waals surface area contributed by atoms with Gasteiger partial charge in [-0.3, -0.25) is 9.36 Å². The predicted octanol–water partition coefficient (Wildman–Crippen LogP) is 2.49. The van der Waals surface area contributed by atoms with Crippen LogP contribution in [0, 0.1) is 6.92 Å². The van der Waals surface area contributed by atoms with Gasteiger partial charge in [0.25, 0.3) is 0 Å². The molecule has 4 aromatic rings. The second-order valence-corrected chi connectivity index (χ2v) is 9.02. The maximum Gasteiger partial charge on any atom is 0.351 e. The smallest absolute Gasteiger partial charge is 0.351 e. The van der Waals surface area contributed by atoms with E-state index in [1.54, 1.807) is 14.0 Å². The first-order chi connectivity index (χ1) is 19.3. The summed E-state index contributed by atoms with van der Waals surface area (Å²) in [7, 11) is 1.58. The van der Waals surface area contributed by atoms with Crippen LogP contribution in [0.2, 0.25) is 0 Å². The third-order valence-electron chi connectivity index (χ3n) is 6.37. The molecule has 0 unspecified atom stereocenters. The molecule has 0 bridgehead atoms. The van der Waals surface area contributed by atoms with Crippen molar-refractivity contribution in [3.63, 3.8) is 0 Å². The van der Waals surface area contributed by atoms with Gasteiger partial charge in [0.1, 0.15) is 18.3 Å². The number of carbonyl (C=O) groups is 2. The van der Waals surface area contributed by atoms with Crippen LogP contribution >= 0.6 is 0 Å². The van der Waals surface area contributed by atoms with Crippen molar-refractivity contribution in [3.05, 3.63) is 124 Å². The molecular formula is C30H29N3O7. The summed E-state index contributed by atoms with van der Waals surface area (Å²) in [5, 5.41) is 20.4. The Bertz CT molecular complexity index is 1480. The van der Waals surface area contributed by atoms with Crippen molar-refractivity contribution >= 4 is 11.9 Å². The lowest BCUT2D eigenvalue weighted by Crippen LogP contribution is -2.45. The molecule has 10 heteroatoms. The number of nitrogens with one attached hydrogen (secondary N) is 1. The third-order valence-corrected chi connectivity index (χ3v) is 6.37. The number of hydrogen-bond acceptors (Lipinski definition) is 7. The number of carboxylic acids is 1. The monoisotopic (exact) mass is 543 g/mol. The number of benzene rings is 3. The minimum atomic E-state index is -1.48. The van der Waals surface area contributed by atoms with Crippen LogP contribution in [-0.2, 0) is 21.7 Å². The van der Waals surface area contributed by atoms with E-state index in [0.29, 0.717) is 11.3 Å². The number of rotatable bonds is 11. The maximum atomic E-state index is 13.0. The van der Waals surface area contributed by atoms with Gasteiger partial charge in [0, 0.05) is 28.5 Å². The molecule has 0 aliphatic carbocycles. The largest absolute Gasteiger partial charge is 0.497 e. The third kappa shape index (κ3) is 5.87. The van der Waals surface area contributed by atoms with E-state index in [1.807, 2.05) is 84.9 Å². The fourth-order valence-corrected chi connectivity index (χ4v) is 4.37. The zero-order chi connectivity index (χ0) is 28.7. The van der Waals surface area contributed by atoms with E-state index in [-0.39, 0.29) is 5.88 Å². The number of methoxy groups -OCH3 is 1. The second kappa shape index (κ2) is 12.3. The van der Waals surface area contributed by atoms with Gasteiger partial charge in [-0.1, -0.05) is 72.8 Å². The predicted molar refractivity (Wildman–Crippen MR) is 146 cm³/mol. The highest BCUT2D eigenvalue weighted by Crippen LogP contribution is 2.41. The molecule has 1 aromatic heterocycles. The van der Waals surface area contributed by atoms with Crippen LogP contribution in [0.25, 0.3) is 0 Å². The molecule has 0 radical (unpaired) electrons. The molecule has 206 valence electrons. The van der Waals surface area contributed by atoms with Gasteiger partial charge in [0.2, 0.25) is 11.8 Å². The molecule has 1 heterocycles. The van der Waals surface area contributed by atoms with Crippen LogP contribution in [0.4, 0.5) is 0 Å². The molecular weight excluding hydrogens is 514 g/mol. The Labute approximate surface area is 230 Å². The van der Waals surface area contributed by atoms with Crippen LogP contribution in [0.1, 0.15) is 22.3 Å². The van der Waals surface area contributed by atoms with Crippen molar-refractivity contribution in [3.8, 4) is 11.6 Å². The Balaban J connectivity index is 1.80. The van der Waals surface area contributed by atoms with Crippen LogP contribution in [0.5, 0.6) is 11.6 Å². The first-order valence-corrected chi connectivity index (χ1v) is 12.4. The Hall–Kier alpha value is -4.96. The van der Waals surface area contributed by atoms with E-state index in [9.17, 15) is 14.4 Å². The minimum Gasteiger partial charge on any atom is -0.497 e. The van der Waals surface area contributed by atoms with Crippen molar-refractivity contribution < 1.29 is 29.3 Å². The van der Waals surface area contributed by atoms with E-state index >= 15 is 0 Å². The van der Waals surface area contributed by atoms with Crippen molar-refractivity contribution in [2.75, 3.05) is 13.7 Å². The zero-order valence-electron chi connectivity index (χ0n) is 22.0. The normalized spacial score (nSPS) is 11.9. The molecule has 3 aromatic carbocycles. The molecule has 40 heavy (non-hydrogen) atoms. The van der Waals surface area contributed by atoms with Gasteiger partial charge in [0.15, 0.2) is 5.60 Å². The summed E-state index contributed by atoms with van der Waals surface area (Å²) in [4.78, 5) is 40.7. The number of amides is 1. The summed E-state index contributed by atoms with van der Waals surface area (Å²) < 4.78 is 13.2. The van der Waals surface area contributed by atoms with Gasteiger partial charge in [-0.15, -0.1) is 0 Å². The molecule has 4 rings (SSSR count). The lowest BCUT2D eigenvalue weighted by atomic mass is 9.80. The number of carboxylic acid groups (broad SMARTS) is 1. The van der Waals surface area contributed by atoms with Crippen LogP contribution < -0.4 is 20.5 Å². The van der Waals surface area contributed by atoms with Crippen molar-refractivity contribution in [2.24, 2.45) is 0 Å². The summed E-state index contributed by atoms with van der Waals surface area (Å²) in [6.45, 7) is 0.420. The summed E-state index contributed by atoms with van der Waals surface area (Å²) >= 11 is 0. The zero-order valence-corrected chi connectivity index (χ0v) is 22.0. The highest BCUT2D eigenvalue weighted by atomic mass is 16.5. The molecule has 3 N–H and O–H groups in total. The van der Waals surface area contributed by atoms with E-state index < -0.39 is 42.4 Å². The number of carbonyl (C=O) groups excluding carboxylic acids is 1. The lowest BCUT2D eigenvalue weighted by molar-refractivity contribution is -0.143. The van der Waals surface area contributed by atoms with Crippen LogP contribution in [-0.4, -0.2) is 51.4 Å². The number of aliphatic hydroxyl groups is 1. The van der Waals surface area contributed by atoms with Gasteiger partial charge < -0.3 is 25.0 Å².